The van der Waals surface area contributed by atoms with Gasteiger partial charge in [0.2, 0.25) is 11.8 Å². The molecule has 0 bridgehead atoms. The summed E-state index contributed by atoms with van der Waals surface area (Å²) in [7, 11) is 0. The van der Waals surface area contributed by atoms with Crippen molar-refractivity contribution in [3.8, 4) is 28.7 Å². The summed E-state index contributed by atoms with van der Waals surface area (Å²) in [6.45, 7) is 3.71. The molecule has 1 atom stereocenters. The Balaban J connectivity index is 1.39. The van der Waals surface area contributed by atoms with E-state index < -0.39 is 6.10 Å². The average molecular weight is 434 g/mol. The Labute approximate surface area is 184 Å². The van der Waals surface area contributed by atoms with Crippen molar-refractivity contribution in [2.75, 3.05) is 5.32 Å². The number of carbonyl (C=O) groups excluding carboxylic acids is 1. The largest absolute Gasteiger partial charge is 0.481 e. The lowest BCUT2D eigenvalue weighted by atomic mass is 10.1. The molecule has 0 spiro atoms. The van der Waals surface area contributed by atoms with Crippen LogP contribution in [0.15, 0.2) is 77.2 Å². The maximum absolute atomic E-state index is 12.4. The molecule has 1 unspecified atom stereocenters. The van der Waals surface area contributed by atoms with Crippen molar-refractivity contribution < 1.29 is 13.9 Å². The zero-order valence-corrected chi connectivity index (χ0v) is 17.8. The second-order valence-electron chi connectivity index (χ2n) is 7.06. The van der Waals surface area contributed by atoms with E-state index in [-0.39, 0.29) is 5.91 Å². The molecule has 0 saturated carbocycles. The molecular formula is C24H20ClN3O3. The molecule has 4 aromatic rings. The summed E-state index contributed by atoms with van der Waals surface area (Å²) in [5, 5.41) is 11.7. The van der Waals surface area contributed by atoms with Gasteiger partial charge in [-0.2, -0.15) is 0 Å². The summed E-state index contributed by atoms with van der Waals surface area (Å²) in [4.78, 5) is 12.4. The van der Waals surface area contributed by atoms with Crippen LogP contribution in [0.25, 0.3) is 22.9 Å². The van der Waals surface area contributed by atoms with Gasteiger partial charge in [-0.05, 0) is 74.5 Å². The highest BCUT2D eigenvalue weighted by Gasteiger charge is 2.16. The lowest BCUT2D eigenvalue weighted by molar-refractivity contribution is -0.122. The summed E-state index contributed by atoms with van der Waals surface area (Å²) >= 11 is 5.86. The van der Waals surface area contributed by atoms with Crippen LogP contribution >= 0.6 is 11.6 Å². The van der Waals surface area contributed by atoms with Gasteiger partial charge in [-0.1, -0.05) is 29.3 Å². The predicted octanol–water partition coefficient (Wildman–Crippen LogP) is 5.77. The number of nitrogens with one attached hydrogen (secondary N) is 1. The highest BCUT2D eigenvalue weighted by molar-refractivity contribution is 6.30. The van der Waals surface area contributed by atoms with E-state index in [2.05, 4.69) is 15.5 Å². The van der Waals surface area contributed by atoms with Crippen molar-refractivity contribution in [3.05, 3.63) is 83.4 Å². The summed E-state index contributed by atoms with van der Waals surface area (Å²) in [5.41, 5.74) is 3.42. The Morgan fingerprint density at radius 2 is 1.45 bits per heavy atom. The van der Waals surface area contributed by atoms with Crippen molar-refractivity contribution in [1.29, 1.82) is 0 Å². The van der Waals surface area contributed by atoms with Crippen molar-refractivity contribution in [2.24, 2.45) is 0 Å². The number of nitrogens with zero attached hydrogens (tertiary/aromatic N) is 2. The van der Waals surface area contributed by atoms with Crippen molar-refractivity contribution in [2.45, 2.75) is 20.0 Å². The molecule has 0 aliphatic heterocycles. The standard InChI is InChI=1S/C24H20ClN3O3/c1-15-3-5-17(6-4-15)23-27-28-24(31-23)18-7-11-20(12-8-18)26-22(29)16(2)30-21-13-9-19(25)10-14-21/h3-14,16H,1-2H3,(H,26,29). The number of hydrogen-bond donors (Lipinski definition) is 1. The van der Waals surface area contributed by atoms with E-state index in [1.807, 2.05) is 43.3 Å². The van der Waals surface area contributed by atoms with Gasteiger partial charge in [-0.25, -0.2) is 0 Å². The van der Waals surface area contributed by atoms with Crippen LogP contribution in [-0.2, 0) is 4.79 Å². The number of aryl methyl sites for hydroxylation is 1. The summed E-state index contributed by atoms with van der Waals surface area (Å²) in [6, 6.07) is 21.9. The monoisotopic (exact) mass is 433 g/mol. The molecule has 6 nitrogen and oxygen atoms in total. The number of hydrogen-bond acceptors (Lipinski definition) is 5. The zero-order chi connectivity index (χ0) is 21.8. The van der Waals surface area contributed by atoms with Crippen LogP contribution in [0.5, 0.6) is 5.75 Å². The molecule has 0 aliphatic carbocycles. The molecule has 4 rings (SSSR count). The molecule has 0 radical (unpaired) electrons. The molecule has 0 fully saturated rings. The minimum Gasteiger partial charge on any atom is -0.481 e. The van der Waals surface area contributed by atoms with E-state index in [1.54, 1.807) is 43.3 Å². The van der Waals surface area contributed by atoms with E-state index in [4.69, 9.17) is 20.8 Å². The number of amides is 1. The van der Waals surface area contributed by atoms with Crippen LogP contribution in [-0.4, -0.2) is 22.2 Å². The van der Waals surface area contributed by atoms with E-state index in [9.17, 15) is 4.79 Å². The van der Waals surface area contributed by atoms with Crippen LogP contribution in [0.1, 0.15) is 12.5 Å². The van der Waals surface area contributed by atoms with Gasteiger partial charge in [0, 0.05) is 21.8 Å². The van der Waals surface area contributed by atoms with Crippen molar-refractivity contribution in [1.82, 2.24) is 10.2 Å². The average Bonchev–Trinajstić information content (AvgIpc) is 3.26. The predicted molar refractivity (Wildman–Crippen MR) is 120 cm³/mol. The smallest absolute Gasteiger partial charge is 0.265 e. The highest BCUT2D eigenvalue weighted by Crippen LogP contribution is 2.25. The van der Waals surface area contributed by atoms with Gasteiger partial charge < -0.3 is 14.5 Å². The van der Waals surface area contributed by atoms with E-state index in [0.717, 1.165) is 16.7 Å². The first-order valence-corrected chi connectivity index (χ1v) is 10.1. The Kier molecular flexibility index (Phi) is 6.00. The number of ether oxygens (including phenoxy) is 1. The molecular weight excluding hydrogens is 414 g/mol. The third kappa shape index (κ3) is 5.10. The molecule has 1 N–H and O–H groups in total. The number of halogens is 1. The minimum absolute atomic E-state index is 0.262. The third-order valence-electron chi connectivity index (χ3n) is 4.62. The zero-order valence-electron chi connectivity index (χ0n) is 17.0. The van der Waals surface area contributed by atoms with Crippen LogP contribution in [0.4, 0.5) is 5.69 Å². The normalized spacial score (nSPS) is 11.7. The molecule has 1 heterocycles. The van der Waals surface area contributed by atoms with E-state index >= 15 is 0 Å². The Morgan fingerprint density at radius 1 is 0.903 bits per heavy atom. The van der Waals surface area contributed by atoms with Crippen molar-refractivity contribution >= 4 is 23.2 Å². The summed E-state index contributed by atoms with van der Waals surface area (Å²) in [5.74, 6) is 1.18. The fraction of sp³-hybridized carbons (Fsp3) is 0.125. The van der Waals surface area contributed by atoms with Gasteiger partial charge in [-0.3, -0.25) is 4.79 Å². The Hall–Kier alpha value is -3.64. The van der Waals surface area contributed by atoms with Gasteiger partial charge in [0.15, 0.2) is 6.10 Å². The molecule has 1 amide bonds. The van der Waals surface area contributed by atoms with Gasteiger partial charge in [0.25, 0.3) is 5.91 Å². The van der Waals surface area contributed by atoms with Crippen LogP contribution < -0.4 is 10.1 Å². The Bertz CT molecular complexity index is 1170. The molecule has 31 heavy (non-hydrogen) atoms. The first-order valence-electron chi connectivity index (χ1n) is 9.72. The molecule has 7 heteroatoms. The van der Waals surface area contributed by atoms with Crippen LogP contribution in [0.3, 0.4) is 0 Å². The SMILES string of the molecule is Cc1ccc(-c2nnc(-c3ccc(NC(=O)C(C)Oc4ccc(Cl)cc4)cc3)o2)cc1. The Morgan fingerprint density at radius 3 is 2.03 bits per heavy atom. The van der Waals surface area contributed by atoms with E-state index in [0.29, 0.717) is 28.2 Å². The van der Waals surface area contributed by atoms with Crippen LogP contribution in [0, 0.1) is 6.92 Å². The lowest BCUT2D eigenvalue weighted by Gasteiger charge is -2.15. The second-order valence-corrected chi connectivity index (χ2v) is 7.50. The van der Waals surface area contributed by atoms with Gasteiger partial charge in [0.05, 0.1) is 0 Å². The third-order valence-corrected chi connectivity index (χ3v) is 4.87. The van der Waals surface area contributed by atoms with Gasteiger partial charge in [-0.15, -0.1) is 10.2 Å². The number of rotatable bonds is 6. The maximum Gasteiger partial charge on any atom is 0.265 e. The maximum atomic E-state index is 12.4. The molecule has 0 aliphatic rings. The number of aromatic nitrogens is 2. The minimum atomic E-state index is -0.672. The molecule has 1 aromatic heterocycles. The highest BCUT2D eigenvalue weighted by atomic mass is 35.5. The summed E-state index contributed by atoms with van der Waals surface area (Å²) in [6.07, 6.45) is -0.672. The molecule has 156 valence electrons. The fourth-order valence-electron chi connectivity index (χ4n) is 2.86. The number of anilines is 1. The number of carbonyl (C=O) groups is 1. The number of benzene rings is 3. The van der Waals surface area contributed by atoms with Gasteiger partial charge in [0.1, 0.15) is 5.75 Å². The quantitative estimate of drug-likeness (QED) is 0.417. The van der Waals surface area contributed by atoms with Crippen LogP contribution in [0.2, 0.25) is 5.02 Å². The lowest BCUT2D eigenvalue weighted by Crippen LogP contribution is -2.30. The second kappa shape index (κ2) is 9.02. The fourth-order valence-corrected chi connectivity index (χ4v) is 2.99. The molecule has 0 saturated heterocycles. The first kappa shape index (κ1) is 20.6. The van der Waals surface area contributed by atoms with Crippen molar-refractivity contribution in [3.63, 3.8) is 0 Å². The van der Waals surface area contributed by atoms with E-state index in [1.165, 1.54) is 0 Å². The van der Waals surface area contributed by atoms with Gasteiger partial charge >= 0.3 is 0 Å². The topological polar surface area (TPSA) is 77.2 Å². The molecule has 3 aromatic carbocycles. The first-order chi connectivity index (χ1) is 15.0. The summed E-state index contributed by atoms with van der Waals surface area (Å²) < 4.78 is 11.4.